The quantitative estimate of drug-likeness (QED) is 0.766. The molecule has 1 aromatic carbocycles. The molecule has 2 unspecified atom stereocenters. The number of aliphatic hydroxyl groups is 1. The van der Waals surface area contributed by atoms with Crippen LogP contribution in [0.5, 0.6) is 0 Å². The third-order valence-corrected chi connectivity index (χ3v) is 2.60. The van der Waals surface area contributed by atoms with Crippen molar-refractivity contribution in [2.24, 2.45) is 5.73 Å². The molecule has 0 bridgehead atoms. The summed E-state index contributed by atoms with van der Waals surface area (Å²) in [6.07, 6.45) is -0.558. The lowest BCUT2D eigenvalue weighted by Crippen LogP contribution is -2.23. The Kier molecular flexibility index (Phi) is 3.31. The first-order chi connectivity index (χ1) is 6.04. The Morgan fingerprint density at radius 1 is 1.46 bits per heavy atom. The molecular formula is C10H14ClNO. The Labute approximate surface area is 83.3 Å². The fourth-order valence-corrected chi connectivity index (χ4v) is 1.43. The van der Waals surface area contributed by atoms with Crippen LogP contribution in [-0.4, -0.2) is 11.2 Å². The molecule has 0 aromatic heterocycles. The second-order valence-corrected chi connectivity index (χ2v) is 3.63. The van der Waals surface area contributed by atoms with Crippen LogP contribution >= 0.6 is 11.6 Å². The molecule has 0 aliphatic rings. The maximum absolute atomic E-state index is 9.32. The predicted molar refractivity (Wildman–Crippen MR) is 54.8 cm³/mol. The summed E-state index contributed by atoms with van der Waals surface area (Å²) in [5.74, 6) is 0. The van der Waals surface area contributed by atoms with Gasteiger partial charge in [0, 0.05) is 5.02 Å². The van der Waals surface area contributed by atoms with Gasteiger partial charge in [0.15, 0.2) is 0 Å². The first kappa shape index (κ1) is 10.5. The van der Waals surface area contributed by atoms with Gasteiger partial charge in [0.1, 0.15) is 0 Å². The molecule has 0 fully saturated rings. The fraction of sp³-hybridized carbons (Fsp3) is 0.400. The van der Waals surface area contributed by atoms with Crippen molar-refractivity contribution < 1.29 is 5.11 Å². The highest BCUT2D eigenvalue weighted by molar-refractivity contribution is 6.31. The van der Waals surface area contributed by atoms with Crippen molar-refractivity contribution in [3.05, 3.63) is 34.3 Å². The van der Waals surface area contributed by atoms with Gasteiger partial charge in [-0.25, -0.2) is 0 Å². The van der Waals surface area contributed by atoms with Crippen molar-refractivity contribution in [1.82, 2.24) is 0 Å². The number of halogens is 1. The summed E-state index contributed by atoms with van der Waals surface area (Å²) in [6, 6.07) is 5.18. The van der Waals surface area contributed by atoms with Gasteiger partial charge in [-0.2, -0.15) is 0 Å². The lowest BCUT2D eigenvalue weighted by atomic mass is 9.99. The molecular weight excluding hydrogens is 186 g/mol. The zero-order valence-corrected chi connectivity index (χ0v) is 8.55. The van der Waals surface area contributed by atoms with Gasteiger partial charge in [-0.15, -0.1) is 0 Å². The number of hydrogen-bond acceptors (Lipinski definition) is 2. The van der Waals surface area contributed by atoms with Crippen LogP contribution in [0.4, 0.5) is 0 Å². The summed E-state index contributed by atoms with van der Waals surface area (Å²) in [5.41, 5.74) is 7.65. The van der Waals surface area contributed by atoms with Crippen LogP contribution in [0.1, 0.15) is 24.1 Å². The molecule has 0 spiro atoms. The van der Waals surface area contributed by atoms with Crippen LogP contribution in [0.15, 0.2) is 18.2 Å². The molecule has 2 nitrogen and oxygen atoms in total. The summed E-state index contributed by atoms with van der Waals surface area (Å²) < 4.78 is 0. The minimum atomic E-state index is -0.558. The average molecular weight is 200 g/mol. The van der Waals surface area contributed by atoms with E-state index in [1.807, 2.05) is 25.1 Å². The van der Waals surface area contributed by atoms with E-state index < -0.39 is 6.10 Å². The van der Waals surface area contributed by atoms with E-state index in [2.05, 4.69) is 0 Å². The van der Waals surface area contributed by atoms with Gasteiger partial charge in [-0.1, -0.05) is 23.7 Å². The topological polar surface area (TPSA) is 46.2 Å². The van der Waals surface area contributed by atoms with Crippen molar-refractivity contribution in [3.63, 3.8) is 0 Å². The molecule has 72 valence electrons. The summed E-state index contributed by atoms with van der Waals surface area (Å²) in [6.45, 7) is 3.57. The standard InChI is InChI=1S/C10H14ClNO/c1-6-8(10(12)7(2)13)4-3-5-9(6)11/h3-5,7,10,13H,12H2,1-2H3. The highest BCUT2D eigenvalue weighted by Gasteiger charge is 2.14. The molecule has 3 heteroatoms. The minimum Gasteiger partial charge on any atom is -0.391 e. The smallest absolute Gasteiger partial charge is 0.0704 e. The second kappa shape index (κ2) is 4.09. The van der Waals surface area contributed by atoms with Crippen LogP contribution in [0.3, 0.4) is 0 Å². The van der Waals surface area contributed by atoms with Crippen LogP contribution in [-0.2, 0) is 0 Å². The third-order valence-electron chi connectivity index (χ3n) is 2.19. The maximum atomic E-state index is 9.32. The largest absolute Gasteiger partial charge is 0.391 e. The normalized spacial score (nSPS) is 15.5. The molecule has 13 heavy (non-hydrogen) atoms. The van der Waals surface area contributed by atoms with Crippen molar-refractivity contribution in [1.29, 1.82) is 0 Å². The SMILES string of the molecule is Cc1c(Cl)cccc1C(N)C(C)O. The lowest BCUT2D eigenvalue weighted by molar-refractivity contribution is 0.164. The third kappa shape index (κ3) is 2.21. The van der Waals surface area contributed by atoms with Crippen LogP contribution in [0, 0.1) is 6.92 Å². The maximum Gasteiger partial charge on any atom is 0.0704 e. The van der Waals surface area contributed by atoms with Gasteiger partial charge in [0.2, 0.25) is 0 Å². The molecule has 0 aliphatic carbocycles. The number of nitrogens with two attached hydrogens (primary N) is 1. The summed E-state index contributed by atoms with van der Waals surface area (Å²) >= 11 is 5.93. The Hall–Kier alpha value is -0.570. The zero-order chi connectivity index (χ0) is 10.0. The highest BCUT2D eigenvalue weighted by atomic mass is 35.5. The molecule has 0 aliphatic heterocycles. The summed E-state index contributed by atoms with van der Waals surface area (Å²) in [5, 5.41) is 10.0. The van der Waals surface area contributed by atoms with Gasteiger partial charge >= 0.3 is 0 Å². The average Bonchev–Trinajstić information content (AvgIpc) is 2.08. The van der Waals surface area contributed by atoms with Crippen molar-refractivity contribution in [2.75, 3.05) is 0 Å². The molecule has 0 saturated heterocycles. The molecule has 0 heterocycles. The lowest BCUT2D eigenvalue weighted by Gasteiger charge is -2.17. The second-order valence-electron chi connectivity index (χ2n) is 3.22. The summed E-state index contributed by atoms with van der Waals surface area (Å²) in [4.78, 5) is 0. The van der Waals surface area contributed by atoms with Crippen molar-refractivity contribution >= 4 is 11.6 Å². The molecule has 1 aromatic rings. The Balaban J connectivity index is 3.07. The van der Waals surface area contributed by atoms with Crippen LogP contribution in [0.25, 0.3) is 0 Å². The van der Waals surface area contributed by atoms with E-state index in [0.717, 1.165) is 11.1 Å². The Bertz CT molecular complexity index is 299. The first-order valence-electron chi connectivity index (χ1n) is 4.22. The predicted octanol–water partition coefficient (Wildman–Crippen LogP) is 2.03. The molecule has 3 N–H and O–H groups in total. The van der Waals surface area contributed by atoms with Gasteiger partial charge in [-0.05, 0) is 31.0 Å². The Morgan fingerprint density at radius 2 is 2.08 bits per heavy atom. The van der Waals surface area contributed by atoms with E-state index in [-0.39, 0.29) is 6.04 Å². The highest BCUT2D eigenvalue weighted by Crippen LogP contribution is 2.24. The molecule has 1 rings (SSSR count). The van der Waals surface area contributed by atoms with Crippen LogP contribution in [0.2, 0.25) is 5.02 Å². The van der Waals surface area contributed by atoms with E-state index in [1.54, 1.807) is 6.92 Å². The van der Waals surface area contributed by atoms with Crippen molar-refractivity contribution in [3.8, 4) is 0 Å². The molecule has 2 atom stereocenters. The number of hydrogen-bond donors (Lipinski definition) is 2. The number of rotatable bonds is 2. The van der Waals surface area contributed by atoms with E-state index in [9.17, 15) is 5.11 Å². The first-order valence-corrected chi connectivity index (χ1v) is 4.60. The van der Waals surface area contributed by atoms with Gasteiger partial charge < -0.3 is 10.8 Å². The van der Waals surface area contributed by atoms with Gasteiger partial charge in [-0.3, -0.25) is 0 Å². The number of aliphatic hydroxyl groups excluding tert-OH is 1. The molecule has 0 saturated carbocycles. The van der Waals surface area contributed by atoms with Crippen molar-refractivity contribution in [2.45, 2.75) is 26.0 Å². The summed E-state index contributed by atoms with van der Waals surface area (Å²) in [7, 11) is 0. The van der Waals surface area contributed by atoms with E-state index >= 15 is 0 Å². The molecule has 0 amide bonds. The van der Waals surface area contributed by atoms with Gasteiger partial charge in [0.05, 0.1) is 12.1 Å². The Morgan fingerprint density at radius 3 is 2.62 bits per heavy atom. The monoisotopic (exact) mass is 199 g/mol. The fourth-order valence-electron chi connectivity index (χ4n) is 1.25. The van der Waals surface area contributed by atoms with E-state index in [1.165, 1.54) is 0 Å². The van der Waals surface area contributed by atoms with E-state index in [0.29, 0.717) is 5.02 Å². The van der Waals surface area contributed by atoms with Crippen LogP contribution < -0.4 is 5.73 Å². The zero-order valence-electron chi connectivity index (χ0n) is 7.79. The minimum absolute atomic E-state index is 0.362. The van der Waals surface area contributed by atoms with Gasteiger partial charge in [0.25, 0.3) is 0 Å². The molecule has 0 radical (unpaired) electrons. The van der Waals surface area contributed by atoms with E-state index in [4.69, 9.17) is 17.3 Å². The number of benzene rings is 1.